The Hall–Kier alpha value is -2.60. The van der Waals surface area contributed by atoms with Crippen molar-refractivity contribution in [3.05, 3.63) is 58.6 Å². The van der Waals surface area contributed by atoms with E-state index in [9.17, 15) is 4.79 Å². The molecule has 6 heteroatoms. The van der Waals surface area contributed by atoms with Crippen LogP contribution in [0.1, 0.15) is 20.9 Å². The van der Waals surface area contributed by atoms with Gasteiger partial charge in [-0.3, -0.25) is 9.89 Å². The summed E-state index contributed by atoms with van der Waals surface area (Å²) in [5.74, 6) is 0.662. The molecule has 0 unspecified atom stereocenters. The van der Waals surface area contributed by atoms with Crippen LogP contribution in [-0.4, -0.2) is 29.8 Å². The van der Waals surface area contributed by atoms with Crippen LogP contribution in [0.3, 0.4) is 0 Å². The molecule has 3 rings (SSSR count). The largest absolute Gasteiger partial charge is 0.497 e. The highest BCUT2D eigenvalue weighted by molar-refractivity contribution is 7.15. The highest BCUT2D eigenvalue weighted by Gasteiger charge is 2.12. The van der Waals surface area contributed by atoms with Gasteiger partial charge in [0.2, 0.25) is 0 Å². The fourth-order valence-electron chi connectivity index (χ4n) is 2.35. The van der Waals surface area contributed by atoms with E-state index in [4.69, 9.17) is 4.74 Å². The van der Waals surface area contributed by atoms with E-state index in [1.165, 1.54) is 4.88 Å². The molecule has 124 valence electrons. The number of thiophene rings is 1. The minimum Gasteiger partial charge on any atom is -0.497 e. The first-order valence-corrected chi connectivity index (χ1v) is 8.50. The predicted molar refractivity (Wildman–Crippen MR) is 95.7 cm³/mol. The molecule has 0 atom stereocenters. The molecule has 2 heterocycles. The van der Waals surface area contributed by atoms with E-state index < -0.39 is 0 Å². The number of nitrogens with one attached hydrogen (secondary N) is 2. The van der Waals surface area contributed by atoms with Gasteiger partial charge in [0.1, 0.15) is 5.75 Å². The van der Waals surface area contributed by atoms with Gasteiger partial charge in [-0.15, -0.1) is 11.3 Å². The summed E-state index contributed by atoms with van der Waals surface area (Å²) >= 11 is 1.67. The lowest BCUT2D eigenvalue weighted by Gasteiger charge is -2.04. The lowest BCUT2D eigenvalue weighted by atomic mass is 10.1. The second-order valence-corrected chi connectivity index (χ2v) is 6.72. The molecule has 1 amide bonds. The van der Waals surface area contributed by atoms with Crippen LogP contribution >= 0.6 is 11.3 Å². The molecular formula is C18H19N3O2S. The molecule has 0 bridgehead atoms. The van der Waals surface area contributed by atoms with Gasteiger partial charge < -0.3 is 10.1 Å². The van der Waals surface area contributed by atoms with E-state index >= 15 is 0 Å². The zero-order valence-electron chi connectivity index (χ0n) is 13.6. The van der Waals surface area contributed by atoms with Gasteiger partial charge in [0, 0.05) is 11.4 Å². The molecule has 1 aromatic carbocycles. The molecule has 0 aliphatic carbocycles. The van der Waals surface area contributed by atoms with E-state index in [0.29, 0.717) is 12.2 Å². The minimum absolute atomic E-state index is 0.167. The van der Waals surface area contributed by atoms with E-state index in [-0.39, 0.29) is 5.91 Å². The van der Waals surface area contributed by atoms with Crippen molar-refractivity contribution in [1.82, 2.24) is 15.5 Å². The Labute approximate surface area is 144 Å². The summed E-state index contributed by atoms with van der Waals surface area (Å²) in [5.41, 5.74) is 2.42. The third-order valence-electron chi connectivity index (χ3n) is 3.67. The van der Waals surface area contributed by atoms with Gasteiger partial charge in [-0.2, -0.15) is 5.10 Å². The fraction of sp³-hybridized carbons (Fsp3) is 0.222. The standard InChI is InChI=1S/C18H19N3O2S/c1-12-3-8-17(24-12)15-11-16(21-20-15)18(22)19-10-9-13-4-6-14(23-2)7-5-13/h3-8,11H,9-10H2,1-2H3,(H,19,22)(H,20,21). The maximum absolute atomic E-state index is 12.2. The number of hydrogen-bond donors (Lipinski definition) is 2. The number of amides is 1. The SMILES string of the molecule is COc1ccc(CCNC(=O)c2cc(-c3ccc(C)s3)[nH]n2)cc1. The molecule has 5 nitrogen and oxygen atoms in total. The molecule has 0 aliphatic rings. The van der Waals surface area contributed by atoms with Crippen molar-refractivity contribution in [3.63, 3.8) is 0 Å². The summed E-state index contributed by atoms with van der Waals surface area (Å²) in [6.45, 7) is 2.61. The van der Waals surface area contributed by atoms with E-state index in [0.717, 1.165) is 28.3 Å². The summed E-state index contributed by atoms with van der Waals surface area (Å²) < 4.78 is 5.13. The van der Waals surface area contributed by atoms with E-state index in [1.54, 1.807) is 24.5 Å². The molecule has 24 heavy (non-hydrogen) atoms. The molecule has 2 aromatic heterocycles. The monoisotopic (exact) mass is 341 g/mol. The third-order valence-corrected chi connectivity index (χ3v) is 4.71. The van der Waals surface area contributed by atoms with Crippen molar-refractivity contribution in [2.45, 2.75) is 13.3 Å². The molecule has 3 aromatic rings. The van der Waals surface area contributed by atoms with Crippen LogP contribution in [0.5, 0.6) is 5.75 Å². The number of benzene rings is 1. The predicted octanol–water partition coefficient (Wildman–Crippen LogP) is 3.43. The van der Waals surface area contributed by atoms with E-state index in [2.05, 4.69) is 28.5 Å². The molecular weight excluding hydrogens is 322 g/mol. The number of aromatic amines is 1. The Morgan fingerprint density at radius 2 is 2.04 bits per heavy atom. The van der Waals surface area contributed by atoms with Gasteiger partial charge in [0.15, 0.2) is 5.69 Å². The first-order valence-electron chi connectivity index (χ1n) is 7.69. The van der Waals surface area contributed by atoms with Crippen LogP contribution in [0.4, 0.5) is 0 Å². The fourth-order valence-corrected chi connectivity index (χ4v) is 3.18. The Bertz CT molecular complexity index is 821. The maximum atomic E-state index is 12.2. The van der Waals surface area contributed by atoms with Crippen LogP contribution < -0.4 is 10.1 Å². The Kier molecular flexibility index (Phi) is 4.96. The second-order valence-electron chi connectivity index (χ2n) is 5.43. The summed E-state index contributed by atoms with van der Waals surface area (Å²) in [6, 6.07) is 13.7. The first-order chi connectivity index (χ1) is 11.7. The maximum Gasteiger partial charge on any atom is 0.271 e. The molecule has 0 aliphatic heterocycles. The number of carbonyl (C=O) groups excluding carboxylic acids is 1. The number of aromatic nitrogens is 2. The number of H-pyrrole nitrogens is 1. The second kappa shape index (κ2) is 7.31. The van der Waals surface area contributed by atoms with E-state index in [1.807, 2.05) is 30.3 Å². The van der Waals surface area contributed by atoms with Gasteiger partial charge in [0.25, 0.3) is 5.91 Å². The summed E-state index contributed by atoms with van der Waals surface area (Å²) in [7, 11) is 1.64. The number of methoxy groups -OCH3 is 1. The van der Waals surface area contributed by atoms with Crippen molar-refractivity contribution in [2.24, 2.45) is 0 Å². The lowest BCUT2D eigenvalue weighted by Crippen LogP contribution is -2.26. The minimum atomic E-state index is -0.167. The summed E-state index contributed by atoms with van der Waals surface area (Å²) in [6.07, 6.45) is 0.761. The Balaban J connectivity index is 1.54. The molecule has 0 radical (unpaired) electrons. The van der Waals surface area contributed by atoms with Crippen molar-refractivity contribution in [1.29, 1.82) is 0 Å². The van der Waals surface area contributed by atoms with Gasteiger partial charge in [-0.25, -0.2) is 0 Å². The Morgan fingerprint density at radius 1 is 1.25 bits per heavy atom. The number of hydrogen-bond acceptors (Lipinski definition) is 4. The summed E-state index contributed by atoms with van der Waals surface area (Å²) in [5, 5.41) is 9.92. The molecule has 0 saturated heterocycles. The lowest BCUT2D eigenvalue weighted by molar-refractivity contribution is 0.0949. The van der Waals surface area contributed by atoms with Gasteiger partial charge >= 0.3 is 0 Å². The average Bonchev–Trinajstić information content (AvgIpc) is 3.24. The normalized spacial score (nSPS) is 10.6. The van der Waals surface area contributed by atoms with Gasteiger partial charge in [-0.1, -0.05) is 12.1 Å². The van der Waals surface area contributed by atoms with Crippen molar-refractivity contribution < 1.29 is 9.53 Å². The molecule has 0 saturated carbocycles. The van der Waals surface area contributed by atoms with Crippen molar-refractivity contribution in [3.8, 4) is 16.3 Å². The zero-order chi connectivity index (χ0) is 16.9. The number of ether oxygens (including phenoxy) is 1. The highest BCUT2D eigenvalue weighted by atomic mass is 32.1. The van der Waals surface area contributed by atoms with Crippen LogP contribution in [-0.2, 0) is 6.42 Å². The van der Waals surface area contributed by atoms with Crippen LogP contribution in [0, 0.1) is 6.92 Å². The summed E-state index contributed by atoms with van der Waals surface area (Å²) in [4.78, 5) is 14.5. The number of aryl methyl sites for hydroxylation is 1. The first kappa shape index (κ1) is 16.3. The van der Waals surface area contributed by atoms with Gasteiger partial charge in [0.05, 0.1) is 17.7 Å². The smallest absolute Gasteiger partial charge is 0.271 e. The van der Waals surface area contributed by atoms with Crippen LogP contribution in [0.25, 0.3) is 10.6 Å². The van der Waals surface area contributed by atoms with Crippen molar-refractivity contribution in [2.75, 3.05) is 13.7 Å². The quantitative estimate of drug-likeness (QED) is 0.722. The average molecular weight is 341 g/mol. The Morgan fingerprint density at radius 3 is 2.71 bits per heavy atom. The zero-order valence-corrected chi connectivity index (χ0v) is 14.4. The molecule has 2 N–H and O–H groups in total. The number of nitrogens with zero attached hydrogens (tertiary/aromatic N) is 1. The highest BCUT2D eigenvalue weighted by Crippen LogP contribution is 2.26. The topological polar surface area (TPSA) is 67.0 Å². The molecule has 0 spiro atoms. The number of carbonyl (C=O) groups is 1. The van der Waals surface area contributed by atoms with Crippen molar-refractivity contribution >= 4 is 17.2 Å². The van der Waals surface area contributed by atoms with Crippen LogP contribution in [0.2, 0.25) is 0 Å². The van der Waals surface area contributed by atoms with Crippen LogP contribution in [0.15, 0.2) is 42.5 Å². The third kappa shape index (κ3) is 3.83. The molecule has 0 fully saturated rings. The number of rotatable bonds is 6. The van der Waals surface area contributed by atoms with Gasteiger partial charge in [-0.05, 0) is 49.2 Å².